The van der Waals surface area contributed by atoms with Crippen LogP contribution in [-0.4, -0.2) is 55.3 Å². The Morgan fingerprint density at radius 1 is 1.13 bits per heavy atom. The number of hydrogen-bond donors (Lipinski definition) is 0. The van der Waals surface area contributed by atoms with Crippen LogP contribution in [-0.2, 0) is 0 Å². The van der Waals surface area contributed by atoms with E-state index in [0.29, 0.717) is 18.7 Å². The van der Waals surface area contributed by atoms with E-state index in [1.54, 1.807) is 11.8 Å². The van der Waals surface area contributed by atoms with Crippen molar-refractivity contribution in [1.29, 1.82) is 0 Å². The number of amides is 1. The zero-order chi connectivity index (χ0) is 21.5. The summed E-state index contributed by atoms with van der Waals surface area (Å²) in [6.07, 6.45) is 0.871. The fourth-order valence-electron chi connectivity index (χ4n) is 3.17. The van der Waals surface area contributed by atoms with Crippen molar-refractivity contribution in [2.24, 2.45) is 0 Å². The first-order valence-corrected chi connectivity index (χ1v) is 12.1. The Hall–Kier alpha value is -1.80. The smallest absolute Gasteiger partial charge is 0.260 e. The summed E-state index contributed by atoms with van der Waals surface area (Å²) in [5, 5.41) is 0.717. The lowest BCUT2D eigenvalue weighted by Gasteiger charge is -2.21. The molecule has 5 nitrogen and oxygen atoms in total. The van der Waals surface area contributed by atoms with Gasteiger partial charge in [-0.15, -0.1) is 24.2 Å². The van der Waals surface area contributed by atoms with Crippen molar-refractivity contribution in [2.45, 2.75) is 25.2 Å². The van der Waals surface area contributed by atoms with Crippen LogP contribution in [0.5, 0.6) is 5.75 Å². The Morgan fingerprint density at radius 3 is 2.61 bits per heavy atom. The number of anilines is 1. The van der Waals surface area contributed by atoms with E-state index in [9.17, 15) is 4.79 Å². The molecule has 0 radical (unpaired) electrons. The van der Waals surface area contributed by atoms with Gasteiger partial charge >= 0.3 is 0 Å². The van der Waals surface area contributed by atoms with Gasteiger partial charge in [-0.2, -0.15) is 0 Å². The van der Waals surface area contributed by atoms with Crippen LogP contribution < -0.4 is 9.64 Å². The highest BCUT2D eigenvalue weighted by molar-refractivity contribution is 7.99. The molecule has 0 unspecified atom stereocenters. The van der Waals surface area contributed by atoms with Gasteiger partial charge in [0.2, 0.25) is 0 Å². The SMILES string of the molecule is CCOc1cccc2sc(N(CCCN(C)C)C(=O)c3cccc(SCC)c3)nc12.Cl. The molecular weight excluding hydrogens is 450 g/mol. The predicted octanol–water partition coefficient (Wildman–Crippen LogP) is 5.83. The lowest BCUT2D eigenvalue weighted by Crippen LogP contribution is -2.33. The molecule has 0 aliphatic rings. The van der Waals surface area contributed by atoms with E-state index in [-0.39, 0.29) is 18.3 Å². The number of benzene rings is 2. The number of thiazole rings is 1. The second-order valence-corrected chi connectivity index (χ2v) is 9.45. The largest absolute Gasteiger partial charge is 0.492 e. The topological polar surface area (TPSA) is 45.7 Å². The maximum atomic E-state index is 13.5. The lowest BCUT2D eigenvalue weighted by molar-refractivity contribution is 0.0986. The van der Waals surface area contributed by atoms with Crippen molar-refractivity contribution in [3.05, 3.63) is 48.0 Å². The number of aromatic nitrogens is 1. The number of fused-ring (bicyclic) bond motifs is 1. The van der Waals surface area contributed by atoms with E-state index in [4.69, 9.17) is 9.72 Å². The standard InChI is InChI=1S/C23H29N3O2S2.ClH/c1-5-28-19-12-8-13-20-21(19)24-23(30-20)26(15-9-14-25(3)4)22(27)17-10-7-11-18(16-17)29-6-2;/h7-8,10-13,16H,5-6,9,14-15H2,1-4H3;1H. The van der Waals surface area contributed by atoms with Gasteiger partial charge in [0, 0.05) is 17.0 Å². The zero-order valence-corrected chi connectivity index (χ0v) is 20.9. The van der Waals surface area contributed by atoms with Gasteiger partial charge < -0.3 is 9.64 Å². The van der Waals surface area contributed by atoms with Crippen molar-refractivity contribution >= 4 is 56.8 Å². The normalized spacial score (nSPS) is 10.9. The maximum Gasteiger partial charge on any atom is 0.260 e. The first-order chi connectivity index (χ1) is 14.5. The highest BCUT2D eigenvalue weighted by Crippen LogP contribution is 2.35. The molecule has 0 fully saturated rings. The van der Waals surface area contributed by atoms with Gasteiger partial charge in [-0.25, -0.2) is 4.98 Å². The van der Waals surface area contributed by atoms with Crippen molar-refractivity contribution in [3.8, 4) is 5.75 Å². The molecule has 1 aromatic heterocycles. The van der Waals surface area contributed by atoms with Gasteiger partial charge in [0.05, 0.1) is 11.3 Å². The Bertz CT molecular complexity index is 994. The van der Waals surface area contributed by atoms with Gasteiger partial charge in [0.25, 0.3) is 5.91 Å². The highest BCUT2D eigenvalue weighted by Gasteiger charge is 2.22. The van der Waals surface area contributed by atoms with Crippen molar-refractivity contribution in [2.75, 3.05) is 44.4 Å². The Kier molecular flexibility index (Phi) is 10.1. The zero-order valence-electron chi connectivity index (χ0n) is 18.5. The van der Waals surface area contributed by atoms with Crippen LogP contribution in [0.4, 0.5) is 5.13 Å². The molecule has 31 heavy (non-hydrogen) atoms. The molecule has 1 heterocycles. The molecule has 0 saturated heterocycles. The van der Waals surface area contributed by atoms with E-state index in [1.807, 2.05) is 68.4 Å². The number of halogens is 1. The van der Waals surface area contributed by atoms with Crippen molar-refractivity contribution in [3.63, 3.8) is 0 Å². The van der Waals surface area contributed by atoms with Crippen LogP contribution in [0.25, 0.3) is 10.2 Å². The van der Waals surface area contributed by atoms with E-state index < -0.39 is 0 Å². The van der Waals surface area contributed by atoms with Crippen molar-refractivity contribution < 1.29 is 9.53 Å². The van der Waals surface area contributed by atoms with Gasteiger partial charge in [-0.3, -0.25) is 9.69 Å². The molecule has 0 aliphatic heterocycles. The summed E-state index contributed by atoms with van der Waals surface area (Å²) in [5.74, 6) is 1.73. The predicted molar refractivity (Wildman–Crippen MR) is 136 cm³/mol. The molecule has 1 amide bonds. The molecule has 0 aliphatic carbocycles. The van der Waals surface area contributed by atoms with Crippen LogP contribution in [0.15, 0.2) is 47.4 Å². The summed E-state index contributed by atoms with van der Waals surface area (Å²) in [6.45, 7) is 6.18. The number of nitrogens with zero attached hydrogens (tertiary/aromatic N) is 3. The third-order valence-corrected chi connectivity index (χ3v) is 6.45. The number of hydrogen-bond acceptors (Lipinski definition) is 6. The summed E-state index contributed by atoms with van der Waals surface area (Å²) in [6, 6.07) is 13.8. The minimum atomic E-state index is -0.00988. The maximum absolute atomic E-state index is 13.5. The number of ether oxygens (including phenoxy) is 1. The van der Waals surface area contributed by atoms with Crippen LogP contribution >= 0.6 is 35.5 Å². The molecule has 3 rings (SSSR count). The minimum Gasteiger partial charge on any atom is -0.492 e. The van der Waals surface area contributed by atoms with E-state index >= 15 is 0 Å². The monoisotopic (exact) mass is 479 g/mol. The van der Waals surface area contributed by atoms with Crippen LogP contribution in [0.3, 0.4) is 0 Å². The Labute approximate surface area is 199 Å². The van der Waals surface area contributed by atoms with Gasteiger partial charge in [0.1, 0.15) is 11.3 Å². The van der Waals surface area contributed by atoms with Crippen LogP contribution in [0.2, 0.25) is 0 Å². The number of carbonyl (C=O) groups excluding carboxylic acids is 1. The molecule has 0 N–H and O–H groups in total. The highest BCUT2D eigenvalue weighted by atomic mass is 35.5. The molecule has 0 spiro atoms. The molecule has 168 valence electrons. The second kappa shape index (κ2) is 12.3. The van der Waals surface area contributed by atoms with Crippen LogP contribution in [0, 0.1) is 0 Å². The summed E-state index contributed by atoms with van der Waals surface area (Å²) >= 11 is 3.28. The first kappa shape index (κ1) is 25.5. The fourth-order valence-corrected chi connectivity index (χ4v) is 4.90. The Morgan fingerprint density at radius 2 is 1.90 bits per heavy atom. The first-order valence-electron chi connectivity index (χ1n) is 10.2. The van der Waals surface area contributed by atoms with E-state index in [2.05, 4.69) is 11.8 Å². The van der Waals surface area contributed by atoms with Gasteiger partial charge in [-0.05, 0) is 70.1 Å². The molecule has 0 bridgehead atoms. The summed E-state index contributed by atoms with van der Waals surface area (Å²) in [5.41, 5.74) is 1.52. The fraction of sp³-hybridized carbons (Fsp3) is 0.391. The number of para-hydroxylation sites is 1. The number of carbonyl (C=O) groups is 1. The molecular formula is C23H30ClN3O2S2. The number of thioether (sulfide) groups is 1. The average Bonchev–Trinajstić information content (AvgIpc) is 3.16. The van der Waals surface area contributed by atoms with E-state index in [1.165, 1.54) is 11.3 Å². The third-order valence-electron chi connectivity index (χ3n) is 4.53. The quantitative estimate of drug-likeness (QED) is 0.342. The second-order valence-electron chi connectivity index (χ2n) is 7.11. The van der Waals surface area contributed by atoms with Crippen molar-refractivity contribution in [1.82, 2.24) is 9.88 Å². The average molecular weight is 480 g/mol. The van der Waals surface area contributed by atoms with E-state index in [0.717, 1.165) is 44.7 Å². The Balaban J connectivity index is 0.00000341. The molecule has 0 atom stereocenters. The molecule has 3 aromatic rings. The minimum absolute atomic E-state index is 0. The molecule has 8 heteroatoms. The summed E-state index contributed by atoms with van der Waals surface area (Å²) < 4.78 is 6.77. The number of rotatable bonds is 10. The molecule has 2 aromatic carbocycles. The van der Waals surface area contributed by atoms with Gasteiger partial charge in [-0.1, -0.05) is 30.4 Å². The summed E-state index contributed by atoms with van der Waals surface area (Å²) in [4.78, 5) is 23.4. The summed E-state index contributed by atoms with van der Waals surface area (Å²) in [7, 11) is 4.09. The van der Waals surface area contributed by atoms with Crippen LogP contribution in [0.1, 0.15) is 30.6 Å². The van der Waals surface area contributed by atoms with Gasteiger partial charge in [0.15, 0.2) is 5.13 Å². The molecule has 0 saturated carbocycles. The third kappa shape index (κ3) is 6.59. The lowest BCUT2D eigenvalue weighted by atomic mass is 10.2.